The molecule has 2 aromatic heterocycles. The van der Waals surface area contributed by atoms with E-state index in [4.69, 9.17) is 13.8 Å². The van der Waals surface area contributed by atoms with Crippen molar-refractivity contribution in [2.45, 2.75) is 64.3 Å². The minimum Gasteiger partial charge on any atom is -0.386 e. The SMILES string of the molecule is CC(C)N(c1ncnc2c1ncn2[C@@H]1O[C@@H]2COP(=O)(O)O[C@H]2[C@H]1O)C(C)C. The number of nitrogens with zero attached hydrogens (tertiary/aromatic N) is 5. The fourth-order valence-electron chi connectivity index (χ4n) is 3.87. The first-order valence-corrected chi connectivity index (χ1v) is 10.6. The van der Waals surface area contributed by atoms with Crippen LogP contribution >= 0.6 is 7.82 Å². The molecule has 4 rings (SSSR count). The smallest absolute Gasteiger partial charge is 0.386 e. The molecule has 2 fully saturated rings. The molecule has 2 N–H and O–H groups in total. The molecular formula is C16H24N5O6P. The number of hydrogen-bond donors (Lipinski definition) is 2. The number of ether oxygens (including phenoxy) is 1. The maximum atomic E-state index is 11.7. The van der Waals surface area contributed by atoms with Crippen molar-refractivity contribution in [1.29, 1.82) is 0 Å². The van der Waals surface area contributed by atoms with E-state index in [0.717, 1.165) is 0 Å². The molecule has 4 heterocycles. The summed E-state index contributed by atoms with van der Waals surface area (Å²) in [6, 6.07) is 0.396. The lowest BCUT2D eigenvalue weighted by Crippen LogP contribution is -2.39. The van der Waals surface area contributed by atoms with Crippen molar-refractivity contribution in [3.05, 3.63) is 12.7 Å². The summed E-state index contributed by atoms with van der Waals surface area (Å²) in [5.74, 6) is 0.693. The largest absolute Gasteiger partial charge is 0.472 e. The molecule has 2 aromatic rings. The molecule has 154 valence electrons. The van der Waals surface area contributed by atoms with Crippen LogP contribution in [0.5, 0.6) is 0 Å². The number of aliphatic hydroxyl groups is 1. The monoisotopic (exact) mass is 413 g/mol. The summed E-state index contributed by atoms with van der Waals surface area (Å²) in [6.07, 6.45) is -0.741. The molecule has 11 nitrogen and oxygen atoms in total. The van der Waals surface area contributed by atoms with Gasteiger partial charge in [-0.05, 0) is 27.7 Å². The first-order chi connectivity index (χ1) is 13.2. The number of hydrogen-bond acceptors (Lipinski definition) is 9. The number of phosphoric acid groups is 1. The van der Waals surface area contributed by atoms with Gasteiger partial charge in [0.2, 0.25) is 0 Å². The minimum absolute atomic E-state index is 0.145. The standard InChI is InChI=1S/C16H24N5O6P/c1-8(2)21(9(3)4)15-11-14(17-6-18-15)20(7-19-11)16-12(22)13-10(26-16)5-25-28(23,24)27-13/h6-10,12-13,16,22H,5H2,1-4H3,(H,23,24)/t10-,12-,13-,16-/m1/s1. The van der Waals surface area contributed by atoms with Gasteiger partial charge in [0.25, 0.3) is 0 Å². The van der Waals surface area contributed by atoms with Crippen LogP contribution in [0.2, 0.25) is 0 Å². The quantitative estimate of drug-likeness (QED) is 0.705. The zero-order chi connectivity index (χ0) is 20.2. The molecule has 5 atom stereocenters. The molecule has 2 aliphatic rings. The van der Waals surface area contributed by atoms with E-state index in [1.165, 1.54) is 12.7 Å². The number of fused-ring (bicyclic) bond motifs is 2. The van der Waals surface area contributed by atoms with Gasteiger partial charge in [0.15, 0.2) is 23.2 Å². The summed E-state index contributed by atoms with van der Waals surface area (Å²) < 4.78 is 28.9. The van der Waals surface area contributed by atoms with Crippen LogP contribution < -0.4 is 4.90 Å². The van der Waals surface area contributed by atoms with Crippen molar-refractivity contribution in [3.8, 4) is 0 Å². The van der Waals surface area contributed by atoms with E-state index in [0.29, 0.717) is 17.0 Å². The molecule has 28 heavy (non-hydrogen) atoms. The molecule has 0 saturated carbocycles. The van der Waals surface area contributed by atoms with Gasteiger partial charge in [-0.15, -0.1) is 0 Å². The zero-order valence-corrected chi connectivity index (χ0v) is 16.9. The lowest BCUT2D eigenvalue weighted by molar-refractivity contribution is -0.0664. The lowest BCUT2D eigenvalue weighted by Gasteiger charge is -2.31. The van der Waals surface area contributed by atoms with Crippen molar-refractivity contribution >= 4 is 24.8 Å². The van der Waals surface area contributed by atoms with Crippen LogP contribution in [-0.2, 0) is 18.3 Å². The van der Waals surface area contributed by atoms with Crippen LogP contribution in [0.3, 0.4) is 0 Å². The molecule has 0 aliphatic carbocycles. The van der Waals surface area contributed by atoms with Crippen molar-refractivity contribution in [3.63, 3.8) is 0 Å². The zero-order valence-electron chi connectivity index (χ0n) is 16.0. The predicted molar refractivity (Wildman–Crippen MR) is 98.6 cm³/mol. The molecule has 0 spiro atoms. The van der Waals surface area contributed by atoms with Gasteiger partial charge in [0.1, 0.15) is 24.6 Å². The van der Waals surface area contributed by atoms with Gasteiger partial charge in [0, 0.05) is 12.1 Å². The van der Waals surface area contributed by atoms with Crippen molar-refractivity contribution < 1.29 is 28.3 Å². The van der Waals surface area contributed by atoms with Gasteiger partial charge in [-0.3, -0.25) is 13.6 Å². The van der Waals surface area contributed by atoms with Crippen molar-refractivity contribution in [1.82, 2.24) is 19.5 Å². The van der Waals surface area contributed by atoms with Crippen LogP contribution in [0.1, 0.15) is 33.9 Å². The van der Waals surface area contributed by atoms with Gasteiger partial charge < -0.3 is 19.6 Å². The topological polar surface area (TPSA) is 132 Å². The highest BCUT2D eigenvalue weighted by molar-refractivity contribution is 7.47. The Morgan fingerprint density at radius 2 is 1.96 bits per heavy atom. The summed E-state index contributed by atoms with van der Waals surface area (Å²) in [5.41, 5.74) is 1.08. The van der Waals surface area contributed by atoms with Gasteiger partial charge in [-0.2, -0.15) is 0 Å². The average Bonchev–Trinajstić information content (AvgIpc) is 3.16. The number of anilines is 1. The molecule has 0 bridgehead atoms. The number of aromatic nitrogens is 4. The van der Waals surface area contributed by atoms with Crippen LogP contribution in [0, 0.1) is 0 Å². The molecular weight excluding hydrogens is 389 g/mol. The van der Waals surface area contributed by atoms with Crippen molar-refractivity contribution in [2.75, 3.05) is 11.5 Å². The predicted octanol–water partition coefficient (Wildman–Crippen LogP) is 1.22. The van der Waals surface area contributed by atoms with Crippen LogP contribution in [0.4, 0.5) is 5.82 Å². The third kappa shape index (κ3) is 3.22. The van der Waals surface area contributed by atoms with E-state index >= 15 is 0 Å². The highest BCUT2D eigenvalue weighted by atomic mass is 31.2. The first kappa shape index (κ1) is 19.7. The summed E-state index contributed by atoms with van der Waals surface area (Å²) in [6.45, 7) is 8.15. The molecule has 1 unspecified atom stereocenters. The Morgan fingerprint density at radius 1 is 1.25 bits per heavy atom. The van der Waals surface area contributed by atoms with Gasteiger partial charge in [-0.1, -0.05) is 0 Å². The Labute approximate surface area is 161 Å². The Balaban J connectivity index is 1.71. The lowest BCUT2D eigenvalue weighted by atomic mass is 10.1. The van der Waals surface area contributed by atoms with Gasteiger partial charge in [-0.25, -0.2) is 19.5 Å². The normalized spacial score (nSPS) is 33.0. The Bertz CT molecular complexity index is 912. The van der Waals surface area contributed by atoms with E-state index < -0.39 is 32.4 Å². The second-order valence-electron chi connectivity index (χ2n) is 7.51. The van der Waals surface area contributed by atoms with Crippen LogP contribution in [0.25, 0.3) is 11.2 Å². The first-order valence-electron chi connectivity index (χ1n) is 9.14. The molecule has 0 amide bonds. The highest BCUT2D eigenvalue weighted by Crippen LogP contribution is 2.52. The summed E-state index contributed by atoms with van der Waals surface area (Å²) in [7, 11) is -4.19. The van der Waals surface area contributed by atoms with Gasteiger partial charge >= 0.3 is 7.82 Å². The average molecular weight is 413 g/mol. The Kier molecular flexibility index (Phi) is 4.93. The second kappa shape index (κ2) is 7.01. The molecule has 0 aromatic carbocycles. The second-order valence-corrected chi connectivity index (χ2v) is 8.91. The van der Waals surface area contributed by atoms with Crippen LogP contribution in [-0.4, -0.2) is 66.5 Å². The Morgan fingerprint density at radius 3 is 2.64 bits per heavy atom. The Hall–Kier alpha value is -1.62. The number of phosphoric ester groups is 1. The molecule has 2 aliphatic heterocycles. The third-order valence-corrected chi connectivity index (χ3v) is 5.92. The third-order valence-electron chi connectivity index (χ3n) is 4.94. The van der Waals surface area contributed by atoms with Crippen LogP contribution in [0.15, 0.2) is 12.7 Å². The van der Waals surface area contributed by atoms with E-state index in [9.17, 15) is 14.6 Å². The molecule has 0 radical (unpaired) electrons. The number of imidazole rings is 1. The summed E-state index contributed by atoms with van der Waals surface area (Å²) in [4.78, 5) is 24.9. The number of aliphatic hydroxyl groups excluding tert-OH is 1. The minimum atomic E-state index is -4.19. The van der Waals surface area contributed by atoms with E-state index in [1.807, 2.05) is 0 Å². The van der Waals surface area contributed by atoms with Gasteiger partial charge in [0.05, 0.1) is 12.9 Å². The van der Waals surface area contributed by atoms with E-state index in [2.05, 4.69) is 47.5 Å². The fraction of sp³-hybridized carbons (Fsp3) is 0.688. The summed E-state index contributed by atoms with van der Waals surface area (Å²) in [5, 5.41) is 10.7. The number of rotatable bonds is 4. The maximum Gasteiger partial charge on any atom is 0.472 e. The van der Waals surface area contributed by atoms with E-state index in [-0.39, 0.29) is 18.7 Å². The molecule has 2 saturated heterocycles. The molecule has 12 heteroatoms. The maximum absolute atomic E-state index is 11.7. The fourth-order valence-corrected chi connectivity index (χ4v) is 4.83. The highest BCUT2D eigenvalue weighted by Gasteiger charge is 2.52. The summed E-state index contributed by atoms with van der Waals surface area (Å²) >= 11 is 0. The van der Waals surface area contributed by atoms with E-state index in [1.54, 1.807) is 4.57 Å². The van der Waals surface area contributed by atoms with Crippen molar-refractivity contribution in [2.24, 2.45) is 0 Å².